The highest BCUT2D eigenvalue weighted by Gasteiger charge is 2.08. The van der Waals surface area contributed by atoms with Crippen molar-refractivity contribution in [1.29, 1.82) is 0 Å². The van der Waals surface area contributed by atoms with Crippen molar-refractivity contribution in [2.75, 3.05) is 67.6 Å². The predicted octanol–water partition coefficient (Wildman–Crippen LogP) is 2.07. The van der Waals surface area contributed by atoms with Crippen LogP contribution in [-0.4, -0.2) is 89.3 Å². The van der Waals surface area contributed by atoms with Gasteiger partial charge in [0.15, 0.2) is 5.96 Å². The number of methoxy groups -OCH3 is 1. The lowest BCUT2D eigenvalue weighted by atomic mass is 10.1. The van der Waals surface area contributed by atoms with Gasteiger partial charge in [0.25, 0.3) is 5.91 Å². The normalized spacial score (nSPS) is 11.2. The maximum absolute atomic E-state index is 12.1. The number of nitrogens with one attached hydrogen (secondary N) is 2. The van der Waals surface area contributed by atoms with Gasteiger partial charge in [0.2, 0.25) is 0 Å². The quantitative estimate of drug-likeness (QED) is 0.192. The first-order valence-corrected chi connectivity index (χ1v) is 9.98. The molecule has 8 heteroatoms. The van der Waals surface area contributed by atoms with Crippen LogP contribution >= 0.6 is 24.0 Å². The molecule has 0 saturated heterocycles. The third-order valence-electron chi connectivity index (χ3n) is 4.28. The summed E-state index contributed by atoms with van der Waals surface area (Å²) < 4.78 is 5.09. The van der Waals surface area contributed by atoms with Gasteiger partial charge in [0.05, 0.1) is 6.61 Å². The number of benzene rings is 1. The van der Waals surface area contributed by atoms with E-state index in [0.717, 1.165) is 69.3 Å². The predicted molar refractivity (Wildman–Crippen MR) is 132 cm³/mol. The van der Waals surface area contributed by atoms with Gasteiger partial charge in [-0.15, -0.1) is 24.0 Å². The number of amides is 1. The van der Waals surface area contributed by atoms with Crippen LogP contribution in [0.15, 0.2) is 29.3 Å². The summed E-state index contributed by atoms with van der Waals surface area (Å²) >= 11 is 0. The van der Waals surface area contributed by atoms with E-state index < -0.39 is 0 Å². The second kappa shape index (κ2) is 16.4. The number of hydrogen-bond donors (Lipinski definition) is 2. The van der Waals surface area contributed by atoms with Crippen LogP contribution in [0.1, 0.15) is 29.3 Å². The van der Waals surface area contributed by atoms with Crippen LogP contribution < -0.4 is 10.6 Å². The molecule has 0 atom stereocenters. The van der Waals surface area contributed by atoms with Gasteiger partial charge in [0, 0.05) is 52.9 Å². The van der Waals surface area contributed by atoms with E-state index in [4.69, 9.17) is 4.74 Å². The molecule has 166 valence electrons. The second-order valence-electron chi connectivity index (χ2n) is 6.99. The average Bonchev–Trinajstić information content (AvgIpc) is 2.69. The summed E-state index contributed by atoms with van der Waals surface area (Å²) in [5.41, 5.74) is 1.86. The van der Waals surface area contributed by atoms with E-state index >= 15 is 0 Å². The molecule has 0 fully saturated rings. The smallest absolute Gasteiger partial charge is 0.253 e. The van der Waals surface area contributed by atoms with Crippen LogP contribution in [-0.2, 0) is 11.2 Å². The summed E-state index contributed by atoms with van der Waals surface area (Å²) in [5, 5.41) is 6.65. The summed E-state index contributed by atoms with van der Waals surface area (Å²) in [6.45, 7) is 7.12. The van der Waals surface area contributed by atoms with Crippen molar-refractivity contribution in [2.24, 2.45) is 4.99 Å². The van der Waals surface area contributed by atoms with Crippen molar-refractivity contribution in [1.82, 2.24) is 20.4 Å². The largest absolute Gasteiger partial charge is 0.383 e. The first kappa shape index (κ1) is 27.6. The van der Waals surface area contributed by atoms with Crippen LogP contribution in [0.3, 0.4) is 0 Å². The minimum Gasteiger partial charge on any atom is -0.383 e. The molecule has 1 aromatic rings. The van der Waals surface area contributed by atoms with Gasteiger partial charge in [-0.05, 0) is 51.1 Å². The molecule has 0 saturated carbocycles. The minimum atomic E-state index is 0. The molecule has 0 aromatic heterocycles. The highest BCUT2D eigenvalue weighted by Crippen LogP contribution is 2.07. The van der Waals surface area contributed by atoms with E-state index in [2.05, 4.69) is 34.5 Å². The third-order valence-corrected chi connectivity index (χ3v) is 4.28. The van der Waals surface area contributed by atoms with E-state index in [9.17, 15) is 4.79 Å². The highest BCUT2D eigenvalue weighted by molar-refractivity contribution is 14.0. The second-order valence-corrected chi connectivity index (χ2v) is 6.99. The van der Waals surface area contributed by atoms with Gasteiger partial charge in [-0.1, -0.05) is 12.1 Å². The lowest BCUT2D eigenvalue weighted by Crippen LogP contribution is -2.38. The van der Waals surface area contributed by atoms with Crippen LogP contribution in [0.5, 0.6) is 0 Å². The van der Waals surface area contributed by atoms with Crippen molar-refractivity contribution in [3.63, 3.8) is 0 Å². The zero-order valence-corrected chi connectivity index (χ0v) is 20.9. The number of carbonyl (C=O) groups excluding carboxylic acids is 1. The Balaban J connectivity index is 0.00000784. The van der Waals surface area contributed by atoms with Crippen molar-refractivity contribution in [3.05, 3.63) is 35.4 Å². The minimum absolute atomic E-state index is 0. The van der Waals surface area contributed by atoms with Crippen molar-refractivity contribution in [2.45, 2.75) is 19.8 Å². The van der Waals surface area contributed by atoms with Gasteiger partial charge >= 0.3 is 0 Å². The summed E-state index contributed by atoms with van der Waals surface area (Å²) in [7, 11) is 7.36. The number of halogens is 1. The molecule has 29 heavy (non-hydrogen) atoms. The Morgan fingerprint density at radius 1 is 1.17 bits per heavy atom. The fraction of sp³-hybridized carbons (Fsp3) is 0.619. The lowest BCUT2D eigenvalue weighted by Gasteiger charge is -2.15. The number of hydrogen-bond acceptors (Lipinski definition) is 4. The van der Waals surface area contributed by atoms with Gasteiger partial charge in [-0.3, -0.25) is 9.79 Å². The first-order chi connectivity index (χ1) is 13.5. The van der Waals surface area contributed by atoms with Crippen LogP contribution in [0.25, 0.3) is 0 Å². The Kier molecular flexibility index (Phi) is 15.6. The molecule has 1 aromatic carbocycles. The van der Waals surface area contributed by atoms with Gasteiger partial charge < -0.3 is 25.2 Å². The summed E-state index contributed by atoms with van der Waals surface area (Å²) in [6, 6.07) is 7.80. The zero-order chi connectivity index (χ0) is 20.8. The maximum Gasteiger partial charge on any atom is 0.253 e. The number of carbonyl (C=O) groups is 1. The van der Waals surface area contributed by atoms with Crippen molar-refractivity contribution in [3.8, 4) is 0 Å². The average molecular weight is 519 g/mol. The number of aliphatic imine (C=N–C) groups is 1. The molecule has 0 aliphatic heterocycles. The Morgan fingerprint density at radius 2 is 1.93 bits per heavy atom. The van der Waals surface area contributed by atoms with Gasteiger partial charge in [-0.25, -0.2) is 0 Å². The van der Waals surface area contributed by atoms with Crippen LogP contribution in [0.2, 0.25) is 0 Å². The fourth-order valence-electron chi connectivity index (χ4n) is 2.68. The molecule has 0 spiro atoms. The number of ether oxygens (including phenoxy) is 1. The zero-order valence-electron chi connectivity index (χ0n) is 18.5. The lowest BCUT2D eigenvalue weighted by molar-refractivity contribution is 0.0827. The molecule has 1 amide bonds. The molecule has 0 heterocycles. The number of rotatable bonds is 12. The number of guanidine groups is 1. The molecule has 0 unspecified atom stereocenters. The van der Waals surface area contributed by atoms with Crippen LogP contribution in [0, 0.1) is 0 Å². The van der Waals surface area contributed by atoms with E-state index in [-0.39, 0.29) is 29.9 Å². The van der Waals surface area contributed by atoms with Crippen molar-refractivity contribution >= 4 is 35.8 Å². The summed E-state index contributed by atoms with van der Waals surface area (Å²) in [4.78, 5) is 20.6. The Bertz CT molecular complexity index is 610. The topological polar surface area (TPSA) is 69.2 Å². The van der Waals surface area contributed by atoms with E-state index in [1.54, 1.807) is 26.1 Å². The fourth-order valence-corrected chi connectivity index (χ4v) is 2.68. The molecular formula is C21H38IN5O2. The molecule has 1 rings (SSSR count). The molecule has 7 nitrogen and oxygen atoms in total. The van der Waals surface area contributed by atoms with E-state index in [1.165, 1.54) is 0 Å². The molecule has 2 N–H and O–H groups in total. The van der Waals surface area contributed by atoms with Crippen molar-refractivity contribution < 1.29 is 9.53 Å². The standard InChI is InChI=1S/C21H37N5O2.HI/c1-6-22-21(23-12-8-14-26(4)15-16-28-5)24-13-11-18-9-7-10-19(17-18)20(27)25(2)3;/h7,9-10,17H,6,8,11-16H2,1-5H3,(H2,22,23,24);1H. The van der Waals surface area contributed by atoms with E-state index in [0.29, 0.717) is 0 Å². The SMILES string of the molecule is CCNC(=NCCCN(C)CCOC)NCCc1cccc(C(=O)N(C)C)c1.I. The summed E-state index contributed by atoms with van der Waals surface area (Å²) in [6.07, 6.45) is 1.84. The van der Waals surface area contributed by atoms with Gasteiger partial charge in [-0.2, -0.15) is 0 Å². The monoisotopic (exact) mass is 519 g/mol. The Labute approximate surface area is 193 Å². The molecule has 0 aliphatic rings. The molecule has 0 bridgehead atoms. The van der Waals surface area contributed by atoms with Gasteiger partial charge in [0.1, 0.15) is 0 Å². The first-order valence-electron chi connectivity index (χ1n) is 9.98. The number of nitrogens with zero attached hydrogens (tertiary/aromatic N) is 3. The third kappa shape index (κ3) is 12.0. The molecule has 0 aliphatic carbocycles. The van der Waals surface area contributed by atoms with Crippen LogP contribution in [0.4, 0.5) is 0 Å². The highest BCUT2D eigenvalue weighted by atomic mass is 127. The maximum atomic E-state index is 12.1. The molecule has 0 radical (unpaired) electrons. The Hall–Kier alpha value is -1.39. The summed E-state index contributed by atoms with van der Waals surface area (Å²) in [5.74, 6) is 0.864. The molecular weight excluding hydrogens is 481 g/mol. The Morgan fingerprint density at radius 3 is 2.59 bits per heavy atom. The van der Waals surface area contributed by atoms with E-state index in [1.807, 2.05) is 24.3 Å². The number of likely N-dealkylation sites (N-methyl/N-ethyl adjacent to an activating group) is 1.